The summed E-state index contributed by atoms with van der Waals surface area (Å²) in [7, 11) is 0. The van der Waals surface area contributed by atoms with Crippen LogP contribution in [0.15, 0.2) is 24.3 Å². The molecule has 0 aromatic heterocycles. The Labute approximate surface area is 149 Å². The van der Waals surface area contributed by atoms with Crippen molar-refractivity contribution in [2.45, 2.75) is 26.4 Å². The molecule has 8 nitrogen and oxygen atoms in total. The van der Waals surface area contributed by atoms with Crippen molar-refractivity contribution in [3.63, 3.8) is 0 Å². The normalized spacial score (nSPS) is 11.2. The summed E-state index contributed by atoms with van der Waals surface area (Å²) in [4.78, 5) is 32.5. The molecule has 1 aromatic carbocycles. The molecule has 0 aliphatic carbocycles. The summed E-state index contributed by atoms with van der Waals surface area (Å²) in [6, 6.07) is 2.39. The first-order valence-electron chi connectivity index (χ1n) is 7.32. The Morgan fingerprint density at radius 1 is 1.36 bits per heavy atom. The van der Waals surface area contributed by atoms with E-state index in [1.807, 2.05) is 0 Å². The number of carbonyl (C=O) groups excluding carboxylic acids is 2. The number of nitrogens with one attached hydrogen (secondary N) is 1. The first-order chi connectivity index (χ1) is 11.6. The molecule has 25 heavy (non-hydrogen) atoms. The molecule has 0 fully saturated rings. The van der Waals surface area contributed by atoms with Crippen molar-refractivity contribution in [1.82, 2.24) is 5.32 Å². The van der Waals surface area contributed by atoms with E-state index in [9.17, 15) is 19.7 Å². The Kier molecular flexibility index (Phi) is 7.38. The number of aldehydes is 1. The molecular formula is C16H19ClN2O6. The van der Waals surface area contributed by atoms with Gasteiger partial charge in [-0.05, 0) is 32.9 Å². The van der Waals surface area contributed by atoms with E-state index in [1.54, 1.807) is 32.9 Å². The van der Waals surface area contributed by atoms with Crippen LogP contribution in [0.4, 0.5) is 10.5 Å². The summed E-state index contributed by atoms with van der Waals surface area (Å²) >= 11 is 5.90. The maximum atomic E-state index is 11.4. The molecule has 0 aliphatic heterocycles. The van der Waals surface area contributed by atoms with Gasteiger partial charge in [-0.1, -0.05) is 17.7 Å². The SMILES string of the molecule is CC(C)(C)OC(=O)NC/C=C/COc1cc(C=O)cc([N+](=O)[O-])c1Cl. The van der Waals surface area contributed by atoms with Gasteiger partial charge in [0.05, 0.1) is 4.92 Å². The summed E-state index contributed by atoms with van der Waals surface area (Å²) < 4.78 is 10.4. The van der Waals surface area contributed by atoms with Gasteiger partial charge in [0.15, 0.2) is 5.02 Å². The van der Waals surface area contributed by atoms with E-state index in [0.717, 1.165) is 6.07 Å². The van der Waals surface area contributed by atoms with Gasteiger partial charge in [-0.2, -0.15) is 0 Å². The second kappa shape index (κ2) is 9.03. The van der Waals surface area contributed by atoms with Crippen LogP contribution in [-0.2, 0) is 4.74 Å². The lowest BCUT2D eigenvalue weighted by Crippen LogP contribution is -2.32. The summed E-state index contributed by atoms with van der Waals surface area (Å²) in [5.74, 6) is 0.0303. The molecule has 0 bridgehead atoms. The van der Waals surface area contributed by atoms with Crippen molar-refractivity contribution >= 4 is 29.7 Å². The number of carbonyl (C=O) groups is 2. The van der Waals surface area contributed by atoms with Crippen LogP contribution in [0, 0.1) is 10.1 Å². The van der Waals surface area contributed by atoms with Crippen molar-refractivity contribution in [1.29, 1.82) is 0 Å². The maximum absolute atomic E-state index is 11.4. The Morgan fingerprint density at radius 3 is 2.60 bits per heavy atom. The lowest BCUT2D eigenvalue weighted by Gasteiger charge is -2.19. The Hall–Kier alpha value is -2.61. The van der Waals surface area contributed by atoms with Gasteiger partial charge in [0, 0.05) is 18.2 Å². The van der Waals surface area contributed by atoms with E-state index in [0.29, 0.717) is 6.29 Å². The quantitative estimate of drug-likeness (QED) is 0.340. The number of nitro groups is 1. The Morgan fingerprint density at radius 2 is 2.04 bits per heavy atom. The number of benzene rings is 1. The molecule has 0 heterocycles. The van der Waals surface area contributed by atoms with E-state index < -0.39 is 22.3 Å². The molecule has 0 atom stereocenters. The van der Waals surface area contributed by atoms with Gasteiger partial charge in [0.25, 0.3) is 5.69 Å². The number of alkyl carbamates (subject to hydrolysis) is 1. The molecule has 0 aliphatic rings. The number of ether oxygens (including phenoxy) is 2. The van der Waals surface area contributed by atoms with Crippen LogP contribution < -0.4 is 10.1 Å². The number of halogens is 1. The van der Waals surface area contributed by atoms with Gasteiger partial charge < -0.3 is 14.8 Å². The van der Waals surface area contributed by atoms with Crippen LogP contribution in [0.2, 0.25) is 5.02 Å². The fourth-order valence-electron chi connectivity index (χ4n) is 1.66. The third-order valence-corrected chi connectivity index (χ3v) is 3.02. The highest BCUT2D eigenvalue weighted by molar-refractivity contribution is 6.34. The average molecular weight is 371 g/mol. The zero-order chi connectivity index (χ0) is 19.0. The van der Waals surface area contributed by atoms with Crippen LogP contribution in [0.25, 0.3) is 0 Å². The molecular weight excluding hydrogens is 352 g/mol. The molecule has 1 amide bonds. The number of amides is 1. The van der Waals surface area contributed by atoms with Gasteiger partial charge in [0.2, 0.25) is 0 Å². The van der Waals surface area contributed by atoms with E-state index in [-0.39, 0.29) is 29.5 Å². The standard InChI is InChI=1S/C16H19ClN2O6/c1-16(2,3)25-15(21)18-6-4-5-7-24-13-9-11(10-20)8-12(14(13)17)19(22)23/h4-5,8-10H,6-7H2,1-3H3,(H,18,21)/b5-4+. The van der Waals surface area contributed by atoms with E-state index >= 15 is 0 Å². The number of nitrogens with zero attached hydrogens (tertiary/aromatic N) is 1. The van der Waals surface area contributed by atoms with E-state index in [4.69, 9.17) is 21.1 Å². The van der Waals surface area contributed by atoms with Crippen LogP contribution in [0.3, 0.4) is 0 Å². The highest BCUT2D eigenvalue weighted by Gasteiger charge is 2.19. The number of hydrogen-bond acceptors (Lipinski definition) is 6. The highest BCUT2D eigenvalue weighted by Crippen LogP contribution is 2.34. The molecule has 1 rings (SSSR count). The largest absolute Gasteiger partial charge is 0.488 e. The average Bonchev–Trinajstić information content (AvgIpc) is 2.50. The molecule has 0 saturated carbocycles. The minimum atomic E-state index is -0.692. The first kappa shape index (κ1) is 20.4. The van der Waals surface area contributed by atoms with Gasteiger partial charge in [-0.3, -0.25) is 14.9 Å². The molecule has 0 spiro atoms. The van der Waals surface area contributed by atoms with E-state index in [2.05, 4.69) is 5.32 Å². The predicted octanol–water partition coefficient (Wildman–Crippen LogP) is 3.52. The molecule has 1 N–H and O–H groups in total. The smallest absolute Gasteiger partial charge is 0.407 e. The molecule has 0 unspecified atom stereocenters. The molecule has 136 valence electrons. The van der Waals surface area contributed by atoms with Gasteiger partial charge >= 0.3 is 6.09 Å². The second-order valence-electron chi connectivity index (χ2n) is 5.89. The number of rotatable bonds is 7. The lowest BCUT2D eigenvalue weighted by atomic mass is 10.2. The third-order valence-electron chi connectivity index (χ3n) is 2.64. The van der Waals surface area contributed by atoms with Gasteiger partial charge in [-0.15, -0.1) is 0 Å². The molecule has 1 aromatic rings. The zero-order valence-electron chi connectivity index (χ0n) is 14.1. The van der Waals surface area contributed by atoms with Crippen molar-refractivity contribution < 1.29 is 24.0 Å². The van der Waals surface area contributed by atoms with Crippen LogP contribution in [0.1, 0.15) is 31.1 Å². The molecule has 0 saturated heterocycles. The zero-order valence-corrected chi connectivity index (χ0v) is 14.8. The van der Waals surface area contributed by atoms with Gasteiger partial charge in [-0.25, -0.2) is 4.79 Å². The monoisotopic (exact) mass is 370 g/mol. The fraction of sp³-hybridized carbons (Fsp3) is 0.375. The minimum absolute atomic E-state index is 0.0303. The summed E-state index contributed by atoms with van der Waals surface area (Å²) in [6.45, 7) is 5.54. The fourth-order valence-corrected chi connectivity index (χ4v) is 1.89. The van der Waals surface area contributed by atoms with E-state index in [1.165, 1.54) is 6.07 Å². The van der Waals surface area contributed by atoms with Crippen molar-refractivity contribution in [3.8, 4) is 5.75 Å². The van der Waals surface area contributed by atoms with Crippen LogP contribution in [0.5, 0.6) is 5.75 Å². The molecule has 9 heteroatoms. The van der Waals surface area contributed by atoms with Crippen LogP contribution >= 0.6 is 11.6 Å². The first-order valence-corrected chi connectivity index (χ1v) is 7.69. The van der Waals surface area contributed by atoms with Crippen molar-refractivity contribution in [2.75, 3.05) is 13.2 Å². The number of nitro benzene ring substituents is 1. The van der Waals surface area contributed by atoms with Crippen molar-refractivity contribution in [2.24, 2.45) is 0 Å². The predicted molar refractivity (Wildman–Crippen MR) is 92.4 cm³/mol. The Bertz CT molecular complexity index is 682. The number of hydrogen-bond donors (Lipinski definition) is 1. The topological polar surface area (TPSA) is 108 Å². The Balaban J connectivity index is 2.56. The second-order valence-corrected chi connectivity index (χ2v) is 6.27. The van der Waals surface area contributed by atoms with Crippen LogP contribution in [-0.4, -0.2) is 36.1 Å². The lowest BCUT2D eigenvalue weighted by molar-refractivity contribution is -0.384. The summed E-state index contributed by atoms with van der Waals surface area (Å²) in [5.41, 5.74) is -0.898. The minimum Gasteiger partial charge on any atom is -0.488 e. The highest BCUT2D eigenvalue weighted by atomic mass is 35.5. The summed E-state index contributed by atoms with van der Waals surface area (Å²) in [6.07, 6.45) is 3.13. The molecule has 0 radical (unpaired) electrons. The maximum Gasteiger partial charge on any atom is 0.407 e. The third kappa shape index (κ3) is 7.21. The van der Waals surface area contributed by atoms with Gasteiger partial charge in [0.1, 0.15) is 24.2 Å². The summed E-state index contributed by atoms with van der Waals surface area (Å²) in [5, 5.41) is 13.2. The van der Waals surface area contributed by atoms with Crippen molar-refractivity contribution in [3.05, 3.63) is 45.0 Å².